The van der Waals surface area contributed by atoms with E-state index in [9.17, 15) is 14.4 Å². The van der Waals surface area contributed by atoms with Crippen molar-refractivity contribution < 1.29 is 23.9 Å². The minimum absolute atomic E-state index is 0.132. The number of methoxy groups -OCH3 is 2. The first-order chi connectivity index (χ1) is 11.0. The molecule has 1 aliphatic heterocycles. The number of nitrogens with one attached hydrogen (secondary N) is 2. The van der Waals surface area contributed by atoms with Crippen LogP contribution in [0.25, 0.3) is 0 Å². The summed E-state index contributed by atoms with van der Waals surface area (Å²) in [5, 5.41) is 5.93. The van der Waals surface area contributed by atoms with E-state index >= 15 is 0 Å². The number of rotatable bonds is 4. The Morgan fingerprint density at radius 2 is 1.70 bits per heavy atom. The molecule has 0 aliphatic carbocycles. The first-order valence-electron chi connectivity index (χ1n) is 7.38. The monoisotopic (exact) mass is 320 g/mol. The smallest absolute Gasteiger partial charge is 0.337 e. The molecule has 1 fully saturated rings. The fourth-order valence-electron chi connectivity index (χ4n) is 2.49. The van der Waals surface area contributed by atoms with Crippen molar-refractivity contribution in [3.05, 3.63) is 29.3 Å². The van der Waals surface area contributed by atoms with Crippen molar-refractivity contribution in [3.63, 3.8) is 0 Å². The molecule has 2 rings (SSSR count). The summed E-state index contributed by atoms with van der Waals surface area (Å²) >= 11 is 0. The zero-order chi connectivity index (χ0) is 16.8. The molecule has 1 saturated heterocycles. The Labute approximate surface area is 134 Å². The first-order valence-corrected chi connectivity index (χ1v) is 7.38. The van der Waals surface area contributed by atoms with Crippen LogP contribution in [0.1, 0.15) is 33.6 Å². The second kappa shape index (κ2) is 7.73. The molecule has 7 nitrogen and oxygen atoms in total. The SMILES string of the molecule is COC(=O)c1cc(NC(=O)[C@@H]2CCCNC2)cc(C(=O)OC)c1. The number of esters is 2. The number of hydrogen-bond donors (Lipinski definition) is 2. The van der Waals surface area contributed by atoms with Crippen LogP contribution in [0.3, 0.4) is 0 Å². The summed E-state index contributed by atoms with van der Waals surface area (Å²) in [6, 6.07) is 4.33. The molecule has 1 aromatic carbocycles. The quantitative estimate of drug-likeness (QED) is 0.810. The van der Waals surface area contributed by atoms with Crippen LogP contribution in [-0.4, -0.2) is 45.2 Å². The van der Waals surface area contributed by atoms with Crippen LogP contribution in [0.2, 0.25) is 0 Å². The molecular formula is C16H20N2O5. The number of ether oxygens (including phenoxy) is 2. The third-order valence-electron chi connectivity index (χ3n) is 3.71. The highest BCUT2D eigenvalue weighted by Gasteiger charge is 2.22. The maximum atomic E-state index is 12.3. The molecule has 0 unspecified atom stereocenters. The van der Waals surface area contributed by atoms with E-state index in [-0.39, 0.29) is 23.0 Å². The number of carbonyl (C=O) groups is 3. The normalized spacial score (nSPS) is 17.2. The van der Waals surface area contributed by atoms with Crippen LogP contribution >= 0.6 is 0 Å². The second-order valence-corrected chi connectivity index (χ2v) is 5.31. The minimum Gasteiger partial charge on any atom is -0.465 e. The predicted molar refractivity (Wildman–Crippen MR) is 83.3 cm³/mol. The molecule has 7 heteroatoms. The van der Waals surface area contributed by atoms with E-state index < -0.39 is 11.9 Å². The van der Waals surface area contributed by atoms with Crippen LogP contribution in [-0.2, 0) is 14.3 Å². The summed E-state index contributed by atoms with van der Waals surface area (Å²) in [4.78, 5) is 35.7. The van der Waals surface area contributed by atoms with Gasteiger partial charge in [0.1, 0.15) is 0 Å². The fraction of sp³-hybridized carbons (Fsp3) is 0.438. The van der Waals surface area contributed by atoms with Gasteiger partial charge in [-0.3, -0.25) is 4.79 Å². The van der Waals surface area contributed by atoms with Gasteiger partial charge in [-0.1, -0.05) is 0 Å². The van der Waals surface area contributed by atoms with Crippen molar-refractivity contribution >= 4 is 23.5 Å². The zero-order valence-corrected chi connectivity index (χ0v) is 13.2. The van der Waals surface area contributed by atoms with Gasteiger partial charge < -0.3 is 20.1 Å². The highest BCUT2D eigenvalue weighted by molar-refractivity contribution is 6.00. The Kier molecular flexibility index (Phi) is 5.70. The first kappa shape index (κ1) is 17.0. The van der Waals surface area contributed by atoms with E-state index in [0.29, 0.717) is 12.2 Å². The lowest BCUT2D eigenvalue weighted by Gasteiger charge is -2.22. The summed E-state index contributed by atoms with van der Waals surface area (Å²) in [5.74, 6) is -1.46. The number of amides is 1. The second-order valence-electron chi connectivity index (χ2n) is 5.31. The van der Waals surface area contributed by atoms with Gasteiger partial charge in [0.2, 0.25) is 5.91 Å². The van der Waals surface area contributed by atoms with Gasteiger partial charge in [0.15, 0.2) is 0 Å². The van der Waals surface area contributed by atoms with Crippen LogP contribution < -0.4 is 10.6 Å². The standard InChI is InChI=1S/C16H20N2O5/c1-22-15(20)11-6-12(16(21)23-2)8-13(7-11)18-14(19)10-4-3-5-17-9-10/h6-8,10,17H,3-5,9H2,1-2H3,(H,18,19)/t10-/m1/s1. The number of hydrogen-bond acceptors (Lipinski definition) is 6. The molecular weight excluding hydrogens is 300 g/mol. The average molecular weight is 320 g/mol. The molecule has 1 aromatic rings. The largest absolute Gasteiger partial charge is 0.465 e. The molecule has 0 radical (unpaired) electrons. The number of anilines is 1. The van der Waals surface area contributed by atoms with Gasteiger partial charge in [-0.15, -0.1) is 0 Å². The third kappa shape index (κ3) is 4.29. The molecule has 1 atom stereocenters. The molecule has 124 valence electrons. The average Bonchev–Trinajstić information content (AvgIpc) is 2.60. The Morgan fingerprint density at radius 3 is 2.17 bits per heavy atom. The Bertz CT molecular complexity index is 574. The molecule has 23 heavy (non-hydrogen) atoms. The van der Waals surface area contributed by atoms with E-state index in [1.165, 1.54) is 32.4 Å². The summed E-state index contributed by atoms with van der Waals surface area (Å²) in [5.41, 5.74) is 0.712. The number of piperidine rings is 1. The molecule has 1 amide bonds. The maximum absolute atomic E-state index is 12.3. The van der Waals surface area contributed by atoms with E-state index in [4.69, 9.17) is 0 Å². The van der Waals surface area contributed by atoms with Crippen molar-refractivity contribution in [2.24, 2.45) is 5.92 Å². The van der Waals surface area contributed by atoms with E-state index in [2.05, 4.69) is 20.1 Å². The van der Waals surface area contributed by atoms with Crippen LogP contribution in [0.5, 0.6) is 0 Å². The molecule has 0 bridgehead atoms. The van der Waals surface area contributed by atoms with Gasteiger partial charge in [-0.2, -0.15) is 0 Å². The third-order valence-corrected chi connectivity index (χ3v) is 3.71. The Hall–Kier alpha value is -2.41. The molecule has 1 aliphatic rings. The highest BCUT2D eigenvalue weighted by Crippen LogP contribution is 2.19. The van der Waals surface area contributed by atoms with Gasteiger partial charge in [0.05, 0.1) is 31.3 Å². The summed E-state index contributed by atoms with van der Waals surface area (Å²) < 4.78 is 9.33. The molecule has 1 heterocycles. The zero-order valence-electron chi connectivity index (χ0n) is 13.2. The van der Waals surface area contributed by atoms with Crippen molar-refractivity contribution in [3.8, 4) is 0 Å². The molecule has 0 spiro atoms. The van der Waals surface area contributed by atoms with Crippen LogP contribution in [0.4, 0.5) is 5.69 Å². The molecule has 0 saturated carbocycles. The number of carbonyl (C=O) groups excluding carboxylic acids is 3. The molecule has 0 aromatic heterocycles. The lowest BCUT2D eigenvalue weighted by molar-refractivity contribution is -0.120. The van der Waals surface area contributed by atoms with Gasteiger partial charge >= 0.3 is 11.9 Å². The lowest BCUT2D eigenvalue weighted by Crippen LogP contribution is -2.37. The van der Waals surface area contributed by atoms with Gasteiger partial charge in [0.25, 0.3) is 0 Å². The van der Waals surface area contributed by atoms with Crippen LogP contribution in [0, 0.1) is 5.92 Å². The van der Waals surface area contributed by atoms with Gasteiger partial charge in [0, 0.05) is 12.2 Å². The van der Waals surface area contributed by atoms with E-state index in [1.54, 1.807) is 0 Å². The topological polar surface area (TPSA) is 93.7 Å². The Morgan fingerprint density at radius 1 is 1.09 bits per heavy atom. The van der Waals surface area contributed by atoms with Crippen molar-refractivity contribution in [2.75, 3.05) is 32.6 Å². The predicted octanol–water partition coefficient (Wildman–Crippen LogP) is 1.20. The Balaban J connectivity index is 2.23. The lowest BCUT2D eigenvalue weighted by atomic mass is 9.98. The highest BCUT2D eigenvalue weighted by atomic mass is 16.5. The minimum atomic E-state index is -0.592. The fourth-order valence-corrected chi connectivity index (χ4v) is 2.49. The van der Waals surface area contributed by atoms with Crippen molar-refractivity contribution in [2.45, 2.75) is 12.8 Å². The summed E-state index contributed by atoms with van der Waals surface area (Å²) in [7, 11) is 2.50. The maximum Gasteiger partial charge on any atom is 0.337 e. The van der Waals surface area contributed by atoms with Gasteiger partial charge in [-0.05, 0) is 37.6 Å². The number of benzene rings is 1. The van der Waals surface area contributed by atoms with Crippen molar-refractivity contribution in [1.82, 2.24) is 5.32 Å². The van der Waals surface area contributed by atoms with E-state index in [0.717, 1.165) is 19.4 Å². The van der Waals surface area contributed by atoms with Crippen molar-refractivity contribution in [1.29, 1.82) is 0 Å². The van der Waals surface area contributed by atoms with Crippen LogP contribution in [0.15, 0.2) is 18.2 Å². The summed E-state index contributed by atoms with van der Waals surface area (Å²) in [6.45, 7) is 1.53. The van der Waals surface area contributed by atoms with Gasteiger partial charge in [-0.25, -0.2) is 9.59 Å². The molecule has 2 N–H and O–H groups in total. The summed E-state index contributed by atoms with van der Waals surface area (Å²) in [6.07, 6.45) is 1.74. The van der Waals surface area contributed by atoms with E-state index in [1.807, 2.05) is 0 Å².